The Balaban J connectivity index is 1.66. The van der Waals surface area contributed by atoms with Crippen LogP contribution in [0, 0.1) is 11.3 Å². The van der Waals surface area contributed by atoms with E-state index in [-0.39, 0.29) is 5.91 Å². The third-order valence-corrected chi connectivity index (χ3v) is 3.33. The van der Waals surface area contributed by atoms with E-state index in [1.165, 1.54) is 0 Å². The van der Waals surface area contributed by atoms with Gasteiger partial charge in [-0.3, -0.25) is 4.79 Å². The minimum atomic E-state index is -0.300. The first-order valence-electron chi connectivity index (χ1n) is 7.34. The van der Waals surface area contributed by atoms with Crippen molar-refractivity contribution in [2.24, 2.45) is 0 Å². The topological polar surface area (TPSA) is 77.8 Å². The molecule has 0 saturated heterocycles. The van der Waals surface area contributed by atoms with Crippen LogP contribution in [0.3, 0.4) is 0 Å². The molecule has 0 saturated carbocycles. The molecule has 5 nitrogen and oxygen atoms in total. The lowest BCUT2D eigenvalue weighted by Crippen LogP contribution is -2.13. The van der Waals surface area contributed by atoms with E-state index in [0.717, 1.165) is 11.4 Å². The van der Waals surface area contributed by atoms with Crippen molar-refractivity contribution in [3.05, 3.63) is 84.2 Å². The van der Waals surface area contributed by atoms with Crippen LogP contribution in [0.25, 0.3) is 0 Å². The zero-order chi connectivity index (χ0) is 16.8. The molecule has 0 aliphatic rings. The minimum Gasteiger partial charge on any atom is -0.354 e. The SMILES string of the molecule is N#Cc1ccc(NC(=O)c2ccc(Nc3ccccc3)cn2)cc1. The summed E-state index contributed by atoms with van der Waals surface area (Å²) in [6.45, 7) is 0. The van der Waals surface area contributed by atoms with Crippen LogP contribution in [0.4, 0.5) is 17.1 Å². The molecule has 1 heterocycles. The number of nitrogens with one attached hydrogen (secondary N) is 2. The molecular formula is C19H14N4O. The molecular weight excluding hydrogens is 300 g/mol. The van der Waals surface area contributed by atoms with Crippen LogP contribution in [0.1, 0.15) is 16.1 Å². The Hall–Kier alpha value is -3.65. The molecule has 0 radical (unpaired) electrons. The number of nitriles is 1. The van der Waals surface area contributed by atoms with Gasteiger partial charge in [0.2, 0.25) is 0 Å². The van der Waals surface area contributed by atoms with E-state index in [1.54, 1.807) is 42.6 Å². The lowest BCUT2D eigenvalue weighted by atomic mass is 10.2. The van der Waals surface area contributed by atoms with E-state index in [4.69, 9.17) is 5.26 Å². The molecule has 0 atom stereocenters. The number of nitrogens with zero attached hydrogens (tertiary/aromatic N) is 2. The van der Waals surface area contributed by atoms with Crippen molar-refractivity contribution >= 4 is 23.0 Å². The Morgan fingerprint density at radius 2 is 1.58 bits per heavy atom. The molecule has 116 valence electrons. The van der Waals surface area contributed by atoms with Gasteiger partial charge < -0.3 is 10.6 Å². The van der Waals surface area contributed by atoms with Crippen LogP contribution in [0.15, 0.2) is 72.9 Å². The smallest absolute Gasteiger partial charge is 0.274 e. The van der Waals surface area contributed by atoms with Gasteiger partial charge in [-0.15, -0.1) is 0 Å². The van der Waals surface area contributed by atoms with E-state index in [2.05, 4.69) is 15.6 Å². The molecule has 0 fully saturated rings. The quantitative estimate of drug-likeness (QED) is 0.764. The van der Waals surface area contributed by atoms with Crippen molar-refractivity contribution < 1.29 is 4.79 Å². The Morgan fingerprint density at radius 1 is 0.875 bits per heavy atom. The van der Waals surface area contributed by atoms with Gasteiger partial charge in [0.15, 0.2) is 0 Å². The maximum atomic E-state index is 12.2. The standard InChI is InChI=1S/C19H14N4O/c20-12-14-6-8-16(9-7-14)23-19(24)18-11-10-17(13-21-18)22-15-4-2-1-3-5-15/h1-11,13,22H,(H,23,24). The van der Waals surface area contributed by atoms with Crippen LogP contribution in [-0.4, -0.2) is 10.9 Å². The first kappa shape index (κ1) is 15.3. The highest BCUT2D eigenvalue weighted by Gasteiger charge is 2.07. The lowest BCUT2D eigenvalue weighted by molar-refractivity contribution is 0.102. The number of para-hydroxylation sites is 1. The second kappa shape index (κ2) is 7.07. The molecule has 3 rings (SSSR count). The van der Waals surface area contributed by atoms with Crippen molar-refractivity contribution in [3.63, 3.8) is 0 Å². The summed E-state index contributed by atoms with van der Waals surface area (Å²) < 4.78 is 0. The molecule has 2 N–H and O–H groups in total. The second-order valence-electron chi connectivity index (χ2n) is 5.07. The number of anilines is 3. The average molecular weight is 314 g/mol. The fraction of sp³-hybridized carbons (Fsp3) is 0. The molecule has 0 spiro atoms. The molecule has 0 aliphatic heterocycles. The van der Waals surface area contributed by atoms with E-state index in [9.17, 15) is 4.79 Å². The largest absolute Gasteiger partial charge is 0.354 e. The highest BCUT2D eigenvalue weighted by atomic mass is 16.1. The van der Waals surface area contributed by atoms with Crippen LogP contribution in [0.2, 0.25) is 0 Å². The van der Waals surface area contributed by atoms with Gasteiger partial charge in [0, 0.05) is 11.4 Å². The molecule has 2 aromatic carbocycles. The van der Waals surface area contributed by atoms with Gasteiger partial charge in [-0.25, -0.2) is 4.98 Å². The van der Waals surface area contributed by atoms with E-state index >= 15 is 0 Å². The highest BCUT2D eigenvalue weighted by Crippen LogP contribution is 2.16. The van der Waals surface area contributed by atoms with E-state index in [0.29, 0.717) is 16.9 Å². The summed E-state index contributed by atoms with van der Waals surface area (Å²) in [5.74, 6) is -0.300. The summed E-state index contributed by atoms with van der Waals surface area (Å²) in [5, 5.41) is 14.7. The van der Waals surface area contributed by atoms with Crippen LogP contribution in [0.5, 0.6) is 0 Å². The number of pyridine rings is 1. The van der Waals surface area contributed by atoms with Crippen LogP contribution < -0.4 is 10.6 Å². The fourth-order valence-electron chi connectivity index (χ4n) is 2.11. The third kappa shape index (κ3) is 3.76. The molecule has 1 amide bonds. The summed E-state index contributed by atoms with van der Waals surface area (Å²) >= 11 is 0. The number of rotatable bonds is 4. The number of amides is 1. The minimum absolute atomic E-state index is 0.300. The molecule has 24 heavy (non-hydrogen) atoms. The lowest BCUT2D eigenvalue weighted by Gasteiger charge is -2.07. The maximum absolute atomic E-state index is 12.2. The van der Waals surface area contributed by atoms with Gasteiger partial charge in [-0.2, -0.15) is 5.26 Å². The number of carbonyl (C=O) groups excluding carboxylic acids is 1. The van der Waals surface area contributed by atoms with Gasteiger partial charge in [0.1, 0.15) is 5.69 Å². The molecule has 0 bridgehead atoms. The first-order valence-corrected chi connectivity index (χ1v) is 7.34. The number of carbonyl (C=O) groups is 1. The average Bonchev–Trinajstić information content (AvgIpc) is 2.64. The number of hydrogen-bond acceptors (Lipinski definition) is 4. The van der Waals surface area contributed by atoms with Gasteiger partial charge in [0.25, 0.3) is 5.91 Å². The Bertz CT molecular complexity index is 866. The zero-order valence-electron chi connectivity index (χ0n) is 12.7. The Labute approximate surface area is 139 Å². The number of aromatic nitrogens is 1. The Morgan fingerprint density at radius 3 is 2.21 bits per heavy atom. The van der Waals surface area contributed by atoms with Gasteiger partial charge in [-0.05, 0) is 48.5 Å². The monoisotopic (exact) mass is 314 g/mol. The van der Waals surface area contributed by atoms with E-state index < -0.39 is 0 Å². The highest BCUT2D eigenvalue weighted by molar-refractivity contribution is 6.03. The second-order valence-corrected chi connectivity index (χ2v) is 5.07. The van der Waals surface area contributed by atoms with Gasteiger partial charge in [0.05, 0.1) is 23.5 Å². The first-order chi connectivity index (χ1) is 11.7. The van der Waals surface area contributed by atoms with E-state index in [1.807, 2.05) is 36.4 Å². The van der Waals surface area contributed by atoms with Crippen molar-refractivity contribution in [1.82, 2.24) is 4.98 Å². The summed E-state index contributed by atoms with van der Waals surface area (Å²) in [6.07, 6.45) is 1.61. The predicted octanol–water partition coefficient (Wildman–Crippen LogP) is 3.95. The summed E-state index contributed by atoms with van der Waals surface area (Å²) in [4.78, 5) is 16.4. The molecule has 1 aromatic heterocycles. The number of hydrogen-bond donors (Lipinski definition) is 2. The normalized spacial score (nSPS) is 9.79. The third-order valence-electron chi connectivity index (χ3n) is 3.33. The Kier molecular flexibility index (Phi) is 4.50. The van der Waals surface area contributed by atoms with Gasteiger partial charge in [-0.1, -0.05) is 18.2 Å². The molecule has 0 aliphatic carbocycles. The predicted molar refractivity (Wildman–Crippen MR) is 93.1 cm³/mol. The zero-order valence-corrected chi connectivity index (χ0v) is 12.7. The van der Waals surface area contributed by atoms with Crippen molar-refractivity contribution in [3.8, 4) is 6.07 Å². The molecule has 0 unspecified atom stereocenters. The molecule has 5 heteroatoms. The molecule has 3 aromatic rings. The summed E-state index contributed by atoms with van der Waals surface area (Å²) in [5.41, 5.74) is 3.23. The maximum Gasteiger partial charge on any atom is 0.274 e. The van der Waals surface area contributed by atoms with Crippen molar-refractivity contribution in [1.29, 1.82) is 5.26 Å². The summed E-state index contributed by atoms with van der Waals surface area (Å²) in [7, 11) is 0. The fourth-order valence-corrected chi connectivity index (χ4v) is 2.11. The van der Waals surface area contributed by atoms with Crippen LogP contribution >= 0.6 is 0 Å². The number of benzene rings is 2. The van der Waals surface area contributed by atoms with Crippen LogP contribution in [-0.2, 0) is 0 Å². The van der Waals surface area contributed by atoms with Crippen molar-refractivity contribution in [2.45, 2.75) is 0 Å². The summed E-state index contributed by atoms with van der Waals surface area (Å²) in [6, 6.07) is 21.9. The van der Waals surface area contributed by atoms with Gasteiger partial charge >= 0.3 is 0 Å². The van der Waals surface area contributed by atoms with Crippen molar-refractivity contribution in [2.75, 3.05) is 10.6 Å².